The van der Waals surface area contributed by atoms with Crippen molar-refractivity contribution in [2.75, 3.05) is 33.0 Å². The maximum Gasteiger partial charge on any atom is 0.315 e. The Kier molecular flexibility index (Phi) is 4.68. The lowest BCUT2D eigenvalue weighted by atomic mass is 10.1. The zero-order valence-corrected chi connectivity index (χ0v) is 12.8. The van der Waals surface area contributed by atoms with E-state index < -0.39 is 0 Å². The summed E-state index contributed by atoms with van der Waals surface area (Å²) in [5, 5.41) is 5.84. The zero-order valence-electron chi connectivity index (χ0n) is 12.8. The zero-order chi connectivity index (χ0) is 15.4. The summed E-state index contributed by atoms with van der Waals surface area (Å²) in [4.78, 5) is 12.0. The second-order valence-electron chi connectivity index (χ2n) is 5.71. The van der Waals surface area contributed by atoms with Crippen LogP contribution in [0, 0.1) is 5.92 Å². The Bertz CT molecular complexity index is 529. The van der Waals surface area contributed by atoms with Crippen molar-refractivity contribution in [1.82, 2.24) is 10.6 Å². The smallest absolute Gasteiger partial charge is 0.315 e. The summed E-state index contributed by atoms with van der Waals surface area (Å²) in [5.41, 5.74) is 0.989. The highest BCUT2D eigenvalue weighted by Gasteiger charge is 2.18. The molecule has 6 heteroatoms. The number of hydrogen-bond acceptors (Lipinski definition) is 4. The van der Waals surface area contributed by atoms with E-state index in [-0.39, 0.29) is 12.1 Å². The normalized spacial score (nSPS) is 21.2. The highest BCUT2D eigenvalue weighted by atomic mass is 16.6. The van der Waals surface area contributed by atoms with E-state index >= 15 is 0 Å². The van der Waals surface area contributed by atoms with Crippen LogP contribution >= 0.6 is 0 Å². The Morgan fingerprint density at radius 1 is 1.27 bits per heavy atom. The molecule has 2 N–H and O–H groups in total. The van der Waals surface area contributed by atoms with Crippen LogP contribution in [-0.2, 0) is 4.74 Å². The third kappa shape index (κ3) is 3.62. The van der Waals surface area contributed by atoms with E-state index in [0.29, 0.717) is 25.7 Å². The molecule has 0 spiro atoms. The minimum atomic E-state index is -0.158. The van der Waals surface area contributed by atoms with Gasteiger partial charge >= 0.3 is 6.03 Å². The molecule has 2 aliphatic rings. The Labute approximate surface area is 130 Å². The van der Waals surface area contributed by atoms with Gasteiger partial charge in [-0.2, -0.15) is 0 Å². The van der Waals surface area contributed by atoms with E-state index in [1.165, 1.54) is 0 Å². The summed E-state index contributed by atoms with van der Waals surface area (Å²) in [6.45, 7) is 5.26. The van der Waals surface area contributed by atoms with E-state index in [9.17, 15) is 4.79 Å². The number of amides is 2. The van der Waals surface area contributed by atoms with Crippen LogP contribution in [-0.4, -0.2) is 39.0 Å². The molecule has 0 saturated carbocycles. The fourth-order valence-corrected chi connectivity index (χ4v) is 2.64. The average Bonchev–Trinajstić information content (AvgIpc) is 3.06. The minimum absolute atomic E-state index is 0.101. The number of fused-ring (bicyclic) bond motifs is 1. The number of carbonyl (C=O) groups is 1. The van der Waals surface area contributed by atoms with Crippen molar-refractivity contribution >= 4 is 6.03 Å². The molecule has 2 heterocycles. The van der Waals surface area contributed by atoms with Crippen molar-refractivity contribution in [3.8, 4) is 11.5 Å². The molecule has 1 aromatic rings. The molecule has 22 heavy (non-hydrogen) atoms. The molecule has 2 amide bonds. The van der Waals surface area contributed by atoms with Crippen molar-refractivity contribution < 1.29 is 19.0 Å². The highest BCUT2D eigenvalue weighted by molar-refractivity contribution is 5.74. The number of ether oxygens (including phenoxy) is 3. The lowest BCUT2D eigenvalue weighted by Crippen LogP contribution is -2.39. The summed E-state index contributed by atoms with van der Waals surface area (Å²) in [7, 11) is 0. The molecule has 1 aromatic carbocycles. The van der Waals surface area contributed by atoms with Gasteiger partial charge in [-0.1, -0.05) is 6.07 Å². The van der Waals surface area contributed by atoms with Crippen molar-refractivity contribution in [2.24, 2.45) is 5.92 Å². The van der Waals surface area contributed by atoms with E-state index in [2.05, 4.69) is 10.6 Å². The summed E-state index contributed by atoms with van der Waals surface area (Å²) in [6.07, 6.45) is 1.01. The molecule has 0 aliphatic carbocycles. The number of hydrogen-bond donors (Lipinski definition) is 2. The van der Waals surface area contributed by atoms with Crippen molar-refractivity contribution in [2.45, 2.75) is 19.4 Å². The van der Waals surface area contributed by atoms with Crippen LogP contribution in [0.3, 0.4) is 0 Å². The van der Waals surface area contributed by atoms with E-state index in [0.717, 1.165) is 36.7 Å². The summed E-state index contributed by atoms with van der Waals surface area (Å²) in [5.74, 6) is 1.92. The monoisotopic (exact) mass is 306 g/mol. The highest BCUT2D eigenvalue weighted by Crippen LogP contribution is 2.32. The number of carbonyl (C=O) groups excluding carboxylic acids is 1. The third-order valence-corrected chi connectivity index (χ3v) is 3.99. The van der Waals surface area contributed by atoms with Crippen LogP contribution in [0.2, 0.25) is 0 Å². The van der Waals surface area contributed by atoms with E-state index in [4.69, 9.17) is 14.2 Å². The first-order chi connectivity index (χ1) is 10.7. The van der Waals surface area contributed by atoms with Crippen LogP contribution in [0.15, 0.2) is 18.2 Å². The van der Waals surface area contributed by atoms with Gasteiger partial charge in [0.2, 0.25) is 0 Å². The molecule has 0 unspecified atom stereocenters. The number of urea groups is 1. The maximum atomic E-state index is 12.0. The molecule has 1 fully saturated rings. The van der Waals surface area contributed by atoms with Crippen LogP contribution in [0.5, 0.6) is 11.5 Å². The lowest BCUT2D eigenvalue weighted by molar-refractivity contribution is 0.171. The molecule has 120 valence electrons. The molecule has 0 bridgehead atoms. The molecular weight excluding hydrogens is 284 g/mol. The molecule has 2 aliphatic heterocycles. The quantitative estimate of drug-likeness (QED) is 0.891. The third-order valence-electron chi connectivity index (χ3n) is 3.99. The van der Waals surface area contributed by atoms with Gasteiger partial charge in [-0.05, 0) is 31.0 Å². The van der Waals surface area contributed by atoms with Crippen LogP contribution in [0.25, 0.3) is 0 Å². The number of rotatable bonds is 4. The molecule has 2 atom stereocenters. The second-order valence-corrected chi connectivity index (χ2v) is 5.71. The average molecular weight is 306 g/mol. The first-order valence-electron chi connectivity index (χ1n) is 7.74. The van der Waals surface area contributed by atoms with Gasteiger partial charge in [0.25, 0.3) is 0 Å². The number of nitrogens with one attached hydrogen (secondary N) is 2. The minimum Gasteiger partial charge on any atom is -0.486 e. The SMILES string of the molecule is C[C@@H](NC(=O)NC[C@H]1CCOC1)c1ccc2c(c1)OCCO2. The van der Waals surface area contributed by atoms with Crippen molar-refractivity contribution in [3.05, 3.63) is 23.8 Å². The van der Waals surface area contributed by atoms with Gasteiger partial charge in [-0.3, -0.25) is 0 Å². The van der Waals surface area contributed by atoms with Gasteiger partial charge in [-0.15, -0.1) is 0 Å². The topological polar surface area (TPSA) is 68.8 Å². The molecule has 0 radical (unpaired) electrons. The van der Waals surface area contributed by atoms with Crippen LogP contribution < -0.4 is 20.1 Å². The van der Waals surface area contributed by atoms with Gasteiger partial charge in [0.05, 0.1) is 12.6 Å². The Balaban J connectivity index is 1.52. The number of benzene rings is 1. The van der Waals surface area contributed by atoms with Gasteiger partial charge in [0, 0.05) is 19.1 Å². The summed E-state index contributed by atoms with van der Waals surface area (Å²) in [6, 6.07) is 5.49. The fraction of sp³-hybridized carbons (Fsp3) is 0.562. The van der Waals surface area contributed by atoms with Crippen molar-refractivity contribution in [1.29, 1.82) is 0 Å². The molecule has 1 saturated heterocycles. The molecule has 0 aromatic heterocycles. The predicted molar refractivity (Wildman–Crippen MR) is 81.3 cm³/mol. The van der Waals surface area contributed by atoms with E-state index in [1.54, 1.807) is 0 Å². The Morgan fingerprint density at radius 2 is 2.09 bits per heavy atom. The summed E-state index contributed by atoms with van der Waals surface area (Å²) < 4.78 is 16.4. The standard InChI is InChI=1S/C16H22N2O4/c1-11(18-16(19)17-9-12-4-5-20-10-12)13-2-3-14-15(8-13)22-7-6-21-14/h2-3,8,11-12H,4-7,9-10H2,1H3,(H2,17,18,19)/t11-,12-/m1/s1. The van der Waals surface area contributed by atoms with E-state index in [1.807, 2.05) is 25.1 Å². The first-order valence-corrected chi connectivity index (χ1v) is 7.74. The first kappa shape index (κ1) is 15.0. The fourth-order valence-electron chi connectivity index (χ4n) is 2.64. The molecule has 6 nitrogen and oxygen atoms in total. The Morgan fingerprint density at radius 3 is 2.86 bits per heavy atom. The largest absolute Gasteiger partial charge is 0.486 e. The maximum absolute atomic E-state index is 12.0. The van der Waals surface area contributed by atoms with Crippen molar-refractivity contribution in [3.63, 3.8) is 0 Å². The molecular formula is C16H22N2O4. The predicted octanol–water partition coefficient (Wildman–Crippen LogP) is 1.85. The Hall–Kier alpha value is -1.95. The molecule has 3 rings (SSSR count). The summed E-state index contributed by atoms with van der Waals surface area (Å²) >= 11 is 0. The van der Waals surface area contributed by atoms with Gasteiger partial charge in [0.15, 0.2) is 11.5 Å². The van der Waals surface area contributed by atoms with Crippen LogP contribution in [0.4, 0.5) is 4.79 Å². The lowest BCUT2D eigenvalue weighted by Gasteiger charge is -2.21. The van der Waals surface area contributed by atoms with Gasteiger partial charge < -0.3 is 24.8 Å². The van der Waals surface area contributed by atoms with Crippen LogP contribution in [0.1, 0.15) is 24.9 Å². The van der Waals surface area contributed by atoms with Gasteiger partial charge in [0.1, 0.15) is 13.2 Å². The second kappa shape index (κ2) is 6.87. The van der Waals surface area contributed by atoms with Gasteiger partial charge in [-0.25, -0.2) is 4.79 Å².